The number of carbonyl (C=O) groups is 2. The van der Waals surface area contributed by atoms with Crippen LogP contribution in [0.1, 0.15) is 25.7 Å². The highest BCUT2D eigenvalue weighted by atomic mass is 32.2. The van der Waals surface area contributed by atoms with Crippen LogP contribution in [0.3, 0.4) is 0 Å². The van der Waals surface area contributed by atoms with E-state index < -0.39 is 0 Å². The van der Waals surface area contributed by atoms with Gasteiger partial charge < -0.3 is 11.1 Å². The molecule has 96 valence electrons. The molecule has 0 spiro atoms. The van der Waals surface area contributed by atoms with Crippen LogP contribution in [-0.2, 0) is 9.59 Å². The summed E-state index contributed by atoms with van der Waals surface area (Å²) in [4.78, 5) is 22.9. The van der Waals surface area contributed by atoms with Crippen LogP contribution in [-0.4, -0.2) is 35.5 Å². The fourth-order valence-electron chi connectivity index (χ4n) is 2.39. The molecule has 1 aliphatic carbocycles. The molecule has 5 nitrogen and oxygen atoms in total. The summed E-state index contributed by atoms with van der Waals surface area (Å²) in [6.07, 6.45) is 3.32. The van der Waals surface area contributed by atoms with E-state index in [0.29, 0.717) is 0 Å². The summed E-state index contributed by atoms with van der Waals surface area (Å²) in [5.74, 6) is 1.60. The summed E-state index contributed by atoms with van der Waals surface area (Å²) in [6.45, 7) is 0. The second-order valence-corrected chi connectivity index (χ2v) is 5.76. The van der Waals surface area contributed by atoms with Crippen LogP contribution in [0.5, 0.6) is 0 Å². The molecular formula is C11H19N3O2S. The molecule has 0 bridgehead atoms. The summed E-state index contributed by atoms with van der Waals surface area (Å²) in [6, 6.07) is 0.166. The molecule has 6 heteroatoms. The third-order valence-corrected chi connectivity index (χ3v) is 4.45. The van der Waals surface area contributed by atoms with E-state index in [9.17, 15) is 9.59 Å². The predicted octanol–water partition coefficient (Wildman–Crippen LogP) is -0.191. The molecular weight excluding hydrogens is 238 g/mol. The molecule has 1 unspecified atom stereocenters. The van der Waals surface area contributed by atoms with Gasteiger partial charge in [-0.05, 0) is 25.7 Å². The summed E-state index contributed by atoms with van der Waals surface area (Å²) in [5, 5.41) is 6.20. The zero-order valence-corrected chi connectivity index (χ0v) is 10.6. The first-order valence-electron chi connectivity index (χ1n) is 6.07. The first kappa shape index (κ1) is 12.7. The third kappa shape index (κ3) is 3.35. The van der Waals surface area contributed by atoms with Gasteiger partial charge in [-0.3, -0.25) is 14.9 Å². The van der Waals surface area contributed by atoms with E-state index >= 15 is 0 Å². The van der Waals surface area contributed by atoms with Gasteiger partial charge in [-0.1, -0.05) is 0 Å². The Morgan fingerprint density at radius 1 is 1.24 bits per heavy atom. The highest BCUT2D eigenvalue weighted by Gasteiger charge is 2.28. The number of nitrogens with two attached hydrogens (primary N) is 1. The number of amides is 2. The SMILES string of the molecule is NC(=O)C1CCC(NC(=O)C2CSCN2)CC1. The Kier molecular flexibility index (Phi) is 4.28. The van der Waals surface area contributed by atoms with Gasteiger partial charge in [0.2, 0.25) is 11.8 Å². The van der Waals surface area contributed by atoms with E-state index in [4.69, 9.17) is 5.73 Å². The van der Waals surface area contributed by atoms with Crippen LogP contribution < -0.4 is 16.4 Å². The van der Waals surface area contributed by atoms with Crippen molar-refractivity contribution in [1.29, 1.82) is 0 Å². The maximum atomic E-state index is 11.9. The molecule has 0 aromatic rings. The van der Waals surface area contributed by atoms with Crippen molar-refractivity contribution in [3.63, 3.8) is 0 Å². The normalized spacial score (nSPS) is 33.3. The first-order chi connectivity index (χ1) is 8.16. The molecule has 4 N–H and O–H groups in total. The highest BCUT2D eigenvalue weighted by Crippen LogP contribution is 2.24. The smallest absolute Gasteiger partial charge is 0.238 e. The van der Waals surface area contributed by atoms with Crippen LogP contribution in [0.4, 0.5) is 0 Å². The van der Waals surface area contributed by atoms with Crippen LogP contribution in [0.25, 0.3) is 0 Å². The lowest BCUT2D eigenvalue weighted by molar-refractivity contribution is -0.124. The second-order valence-electron chi connectivity index (χ2n) is 4.73. The number of hydrogen-bond acceptors (Lipinski definition) is 4. The topological polar surface area (TPSA) is 84.2 Å². The lowest BCUT2D eigenvalue weighted by Gasteiger charge is -2.28. The Hall–Kier alpha value is -0.750. The van der Waals surface area contributed by atoms with Gasteiger partial charge in [0.25, 0.3) is 0 Å². The number of carbonyl (C=O) groups excluding carboxylic acids is 2. The van der Waals surface area contributed by atoms with Crippen molar-refractivity contribution < 1.29 is 9.59 Å². The van der Waals surface area contributed by atoms with E-state index in [0.717, 1.165) is 37.3 Å². The van der Waals surface area contributed by atoms with Crippen LogP contribution in [0.2, 0.25) is 0 Å². The van der Waals surface area contributed by atoms with E-state index in [1.54, 1.807) is 11.8 Å². The van der Waals surface area contributed by atoms with Gasteiger partial charge in [-0.25, -0.2) is 0 Å². The minimum absolute atomic E-state index is 0.00307. The molecule has 17 heavy (non-hydrogen) atoms. The Morgan fingerprint density at radius 3 is 2.47 bits per heavy atom. The van der Waals surface area contributed by atoms with Crippen molar-refractivity contribution in [3.8, 4) is 0 Å². The summed E-state index contributed by atoms with van der Waals surface area (Å²) >= 11 is 1.74. The maximum Gasteiger partial charge on any atom is 0.238 e. The van der Waals surface area contributed by atoms with Gasteiger partial charge in [0.05, 0.1) is 6.04 Å². The van der Waals surface area contributed by atoms with Crippen LogP contribution in [0.15, 0.2) is 0 Å². The van der Waals surface area contributed by atoms with Gasteiger partial charge in [0, 0.05) is 23.6 Å². The molecule has 1 aliphatic heterocycles. The number of hydrogen-bond donors (Lipinski definition) is 3. The molecule has 0 radical (unpaired) electrons. The molecule has 1 saturated heterocycles. The minimum atomic E-state index is -0.205. The minimum Gasteiger partial charge on any atom is -0.369 e. The fraction of sp³-hybridized carbons (Fsp3) is 0.818. The molecule has 0 aromatic heterocycles. The van der Waals surface area contributed by atoms with Gasteiger partial charge in [-0.15, -0.1) is 11.8 Å². The molecule has 2 rings (SSSR count). The first-order valence-corrected chi connectivity index (χ1v) is 7.23. The van der Waals surface area contributed by atoms with Crippen molar-refractivity contribution >= 4 is 23.6 Å². The largest absolute Gasteiger partial charge is 0.369 e. The fourth-order valence-corrected chi connectivity index (χ4v) is 3.33. The lowest BCUT2D eigenvalue weighted by atomic mass is 9.85. The molecule has 2 fully saturated rings. The molecule has 0 aromatic carbocycles. The lowest BCUT2D eigenvalue weighted by Crippen LogP contribution is -2.47. The van der Waals surface area contributed by atoms with Crippen molar-refractivity contribution in [1.82, 2.24) is 10.6 Å². The van der Waals surface area contributed by atoms with E-state index in [1.807, 2.05) is 0 Å². The average Bonchev–Trinajstić information content (AvgIpc) is 2.83. The summed E-state index contributed by atoms with van der Waals surface area (Å²) in [5.41, 5.74) is 5.27. The monoisotopic (exact) mass is 257 g/mol. The zero-order chi connectivity index (χ0) is 12.3. The van der Waals surface area contributed by atoms with Crippen LogP contribution in [0, 0.1) is 5.92 Å². The van der Waals surface area contributed by atoms with E-state index in [-0.39, 0.29) is 29.8 Å². The maximum absolute atomic E-state index is 11.9. The predicted molar refractivity (Wildman–Crippen MR) is 67.3 cm³/mol. The Bertz CT molecular complexity index is 297. The second kappa shape index (κ2) is 5.73. The van der Waals surface area contributed by atoms with Crippen molar-refractivity contribution in [2.75, 3.05) is 11.6 Å². The van der Waals surface area contributed by atoms with Gasteiger partial charge in [0.1, 0.15) is 0 Å². The van der Waals surface area contributed by atoms with Crippen LogP contribution >= 0.6 is 11.8 Å². The van der Waals surface area contributed by atoms with Crippen molar-refractivity contribution in [3.05, 3.63) is 0 Å². The number of thioether (sulfide) groups is 1. The standard InChI is InChI=1S/C11H19N3O2S/c12-10(15)7-1-3-8(4-2-7)14-11(16)9-5-17-6-13-9/h7-9,13H,1-6H2,(H2,12,15)(H,14,16). The molecule has 1 saturated carbocycles. The Labute approximate surface area is 105 Å². The van der Waals surface area contributed by atoms with Gasteiger partial charge in [0.15, 0.2) is 0 Å². The number of rotatable bonds is 3. The molecule has 2 aliphatic rings. The van der Waals surface area contributed by atoms with E-state index in [1.165, 1.54) is 0 Å². The van der Waals surface area contributed by atoms with Gasteiger partial charge in [-0.2, -0.15) is 0 Å². The number of nitrogens with one attached hydrogen (secondary N) is 2. The van der Waals surface area contributed by atoms with Crippen molar-refractivity contribution in [2.45, 2.75) is 37.8 Å². The number of primary amides is 1. The van der Waals surface area contributed by atoms with Gasteiger partial charge >= 0.3 is 0 Å². The Balaban J connectivity index is 1.74. The van der Waals surface area contributed by atoms with E-state index in [2.05, 4.69) is 10.6 Å². The Morgan fingerprint density at radius 2 is 1.94 bits per heavy atom. The van der Waals surface area contributed by atoms with Crippen molar-refractivity contribution in [2.24, 2.45) is 11.7 Å². The summed E-state index contributed by atoms with van der Waals surface area (Å²) in [7, 11) is 0. The third-order valence-electron chi connectivity index (χ3n) is 3.51. The summed E-state index contributed by atoms with van der Waals surface area (Å²) < 4.78 is 0. The quantitative estimate of drug-likeness (QED) is 0.654. The molecule has 1 atom stereocenters. The highest BCUT2D eigenvalue weighted by molar-refractivity contribution is 7.99. The zero-order valence-electron chi connectivity index (χ0n) is 9.78. The average molecular weight is 257 g/mol. The molecule has 2 amide bonds. The molecule has 1 heterocycles.